The third kappa shape index (κ3) is 3.46. The Morgan fingerprint density at radius 2 is 1.81 bits per heavy atom. The van der Waals surface area contributed by atoms with Crippen LogP contribution in [-0.4, -0.2) is 23.9 Å². The molecule has 6 nitrogen and oxygen atoms in total. The van der Waals surface area contributed by atoms with Gasteiger partial charge in [0.25, 0.3) is 5.91 Å². The number of nitrogens with zero attached hydrogens (tertiary/aromatic N) is 2. The number of benzene rings is 2. The van der Waals surface area contributed by atoms with Crippen LogP contribution in [0.4, 0.5) is 5.69 Å². The average molecular weight is 359 g/mol. The van der Waals surface area contributed by atoms with Crippen molar-refractivity contribution in [3.63, 3.8) is 0 Å². The number of furan rings is 1. The molecule has 0 saturated carbocycles. The van der Waals surface area contributed by atoms with Gasteiger partial charge in [0.1, 0.15) is 17.2 Å². The first-order chi connectivity index (χ1) is 13.2. The minimum absolute atomic E-state index is 0.263. The van der Waals surface area contributed by atoms with E-state index in [-0.39, 0.29) is 5.91 Å². The Labute approximate surface area is 156 Å². The number of hydrogen-bond acceptors (Lipinski definition) is 5. The molecule has 0 bridgehead atoms. The van der Waals surface area contributed by atoms with Gasteiger partial charge in [-0.2, -0.15) is 5.01 Å². The number of anilines is 1. The molecule has 0 saturated heterocycles. The summed E-state index contributed by atoms with van der Waals surface area (Å²) in [6, 6.07) is 20.4. The van der Waals surface area contributed by atoms with Gasteiger partial charge >= 0.3 is 0 Å². The van der Waals surface area contributed by atoms with Crippen LogP contribution < -0.4 is 10.2 Å². The molecule has 4 rings (SSSR count). The van der Waals surface area contributed by atoms with Crippen LogP contribution in [0.25, 0.3) is 6.08 Å². The van der Waals surface area contributed by atoms with Crippen LogP contribution in [0.3, 0.4) is 0 Å². The summed E-state index contributed by atoms with van der Waals surface area (Å²) in [5.74, 6) is 1.57. The molecule has 3 aromatic rings. The molecule has 2 heterocycles. The maximum atomic E-state index is 13.0. The fraction of sp³-hybridized carbons (Fsp3) is 0.0476. The van der Waals surface area contributed by atoms with Crippen molar-refractivity contribution >= 4 is 23.5 Å². The largest absolute Gasteiger partial charge is 0.497 e. The first-order valence-electron chi connectivity index (χ1n) is 8.39. The van der Waals surface area contributed by atoms with Crippen molar-refractivity contribution in [3.05, 3.63) is 90.0 Å². The first-order valence-corrected chi connectivity index (χ1v) is 8.39. The van der Waals surface area contributed by atoms with Crippen LogP contribution in [0.2, 0.25) is 0 Å². The maximum Gasteiger partial charge on any atom is 0.297 e. The average Bonchev–Trinajstić information content (AvgIpc) is 3.33. The first kappa shape index (κ1) is 16.7. The molecular weight excluding hydrogens is 342 g/mol. The van der Waals surface area contributed by atoms with Gasteiger partial charge in [0.15, 0.2) is 5.84 Å². The number of ether oxygens (including phenoxy) is 1. The molecule has 0 radical (unpaired) electrons. The fourth-order valence-electron chi connectivity index (χ4n) is 2.70. The van der Waals surface area contributed by atoms with Crippen molar-refractivity contribution in [2.24, 2.45) is 4.99 Å². The summed E-state index contributed by atoms with van der Waals surface area (Å²) in [4.78, 5) is 17.5. The minimum Gasteiger partial charge on any atom is -0.497 e. The normalized spacial score (nSPS) is 15.1. The van der Waals surface area contributed by atoms with Gasteiger partial charge < -0.3 is 9.15 Å². The zero-order chi connectivity index (χ0) is 18.6. The van der Waals surface area contributed by atoms with Gasteiger partial charge in [0, 0.05) is 11.6 Å². The Morgan fingerprint density at radius 1 is 1.04 bits per heavy atom. The molecule has 0 spiro atoms. The van der Waals surface area contributed by atoms with Crippen molar-refractivity contribution in [1.82, 2.24) is 5.01 Å². The van der Waals surface area contributed by atoms with Crippen molar-refractivity contribution in [2.45, 2.75) is 0 Å². The van der Waals surface area contributed by atoms with E-state index in [0.29, 0.717) is 17.3 Å². The number of amides is 1. The van der Waals surface area contributed by atoms with Gasteiger partial charge in [-0.05, 0) is 36.4 Å². The van der Waals surface area contributed by atoms with Crippen molar-refractivity contribution in [1.29, 1.82) is 0 Å². The lowest BCUT2D eigenvalue weighted by Gasteiger charge is -2.20. The number of methoxy groups -OCH3 is 1. The van der Waals surface area contributed by atoms with E-state index in [9.17, 15) is 4.79 Å². The van der Waals surface area contributed by atoms with Crippen LogP contribution in [0.15, 0.2) is 88.1 Å². The summed E-state index contributed by atoms with van der Waals surface area (Å²) >= 11 is 0. The lowest BCUT2D eigenvalue weighted by Crippen LogP contribution is -2.37. The number of aliphatic imine (C=N–C) groups is 1. The topological polar surface area (TPSA) is 67.1 Å². The van der Waals surface area contributed by atoms with Crippen LogP contribution in [-0.2, 0) is 4.79 Å². The highest BCUT2D eigenvalue weighted by molar-refractivity contribution is 6.20. The summed E-state index contributed by atoms with van der Waals surface area (Å²) in [6.45, 7) is 0. The molecule has 1 amide bonds. The highest BCUT2D eigenvalue weighted by atomic mass is 16.5. The van der Waals surface area contributed by atoms with Crippen LogP contribution in [0.5, 0.6) is 5.75 Å². The smallest absolute Gasteiger partial charge is 0.297 e. The number of rotatable bonds is 5. The highest BCUT2D eigenvalue weighted by Gasteiger charge is 2.31. The monoisotopic (exact) mass is 359 g/mol. The van der Waals surface area contributed by atoms with E-state index in [1.165, 1.54) is 5.01 Å². The summed E-state index contributed by atoms with van der Waals surface area (Å²) in [6.07, 6.45) is 3.18. The van der Waals surface area contributed by atoms with Crippen LogP contribution in [0, 0.1) is 0 Å². The summed E-state index contributed by atoms with van der Waals surface area (Å²) in [5, 5.41) is 1.44. The second kappa shape index (κ2) is 7.21. The zero-order valence-corrected chi connectivity index (χ0v) is 14.6. The molecule has 1 aromatic heterocycles. The predicted molar refractivity (Wildman–Crippen MR) is 103 cm³/mol. The third-order valence-corrected chi connectivity index (χ3v) is 4.05. The van der Waals surface area contributed by atoms with Gasteiger partial charge in [-0.3, -0.25) is 10.2 Å². The number of carbonyl (C=O) groups excluding carboxylic acids is 1. The van der Waals surface area contributed by atoms with Crippen LogP contribution in [0.1, 0.15) is 11.3 Å². The van der Waals surface area contributed by atoms with E-state index in [0.717, 1.165) is 17.0 Å². The molecule has 0 atom stereocenters. The summed E-state index contributed by atoms with van der Waals surface area (Å²) < 4.78 is 10.5. The summed E-state index contributed by atoms with van der Waals surface area (Å²) in [5.41, 5.74) is 4.99. The van der Waals surface area contributed by atoms with E-state index in [1.54, 1.807) is 31.6 Å². The Hall–Kier alpha value is -3.80. The van der Waals surface area contributed by atoms with E-state index in [4.69, 9.17) is 9.15 Å². The second-order valence-corrected chi connectivity index (χ2v) is 5.83. The Balaban J connectivity index is 1.69. The van der Waals surface area contributed by atoms with Gasteiger partial charge in [0.2, 0.25) is 0 Å². The Kier molecular flexibility index (Phi) is 4.45. The van der Waals surface area contributed by atoms with E-state index in [1.807, 2.05) is 54.6 Å². The molecule has 134 valence electrons. The lowest BCUT2D eigenvalue weighted by atomic mass is 10.2. The maximum absolute atomic E-state index is 13.0. The van der Waals surface area contributed by atoms with Crippen molar-refractivity contribution in [3.8, 4) is 5.75 Å². The van der Waals surface area contributed by atoms with Crippen LogP contribution >= 0.6 is 0 Å². The Morgan fingerprint density at radius 3 is 2.48 bits per heavy atom. The third-order valence-electron chi connectivity index (χ3n) is 4.05. The quantitative estimate of drug-likeness (QED) is 0.701. The number of carbonyl (C=O) groups is 1. The van der Waals surface area contributed by atoms with Gasteiger partial charge in [0.05, 0.1) is 19.1 Å². The molecule has 1 N–H and O–H groups in total. The molecule has 1 aliphatic rings. The van der Waals surface area contributed by atoms with E-state index >= 15 is 0 Å². The van der Waals surface area contributed by atoms with Gasteiger partial charge in [-0.25, -0.2) is 4.99 Å². The number of hydrazine groups is 1. The van der Waals surface area contributed by atoms with E-state index in [2.05, 4.69) is 10.4 Å². The highest BCUT2D eigenvalue weighted by Crippen LogP contribution is 2.24. The molecule has 2 aromatic carbocycles. The molecule has 0 aliphatic carbocycles. The summed E-state index contributed by atoms with van der Waals surface area (Å²) in [7, 11) is 1.61. The predicted octanol–water partition coefficient (Wildman–Crippen LogP) is 3.95. The van der Waals surface area contributed by atoms with Crippen molar-refractivity contribution in [2.75, 3.05) is 12.5 Å². The number of amidine groups is 1. The minimum atomic E-state index is -0.263. The Bertz CT molecular complexity index is 991. The molecule has 1 aliphatic heterocycles. The van der Waals surface area contributed by atoms with Gasteiger partial charge in [-0.15, -0.1) is 0 Å². The number of nitrogens with one attached hydrogen (secondary N) is 1. The lowest BCUT2D eigenvalue weighted by molar-refractivity contribution is -0.121. The SMILES string of the molecule is COc1ccc(NN2C(=O)C(=Cc3ccco3)N=C2c2ccccc2)cc1. The van der Waals surface area contributed by atoms with Crippen molar-refractivity contribution < 1.29 is 13.9 Å². The van der Waals surface area contributed by atoms with E-state index < -0.39 is 0 Å². The molecule has 0 unspecified atom stereocenters. The standard InChI is InChI=1S/C21H17N3O3/c1-26-17-11-9-16(10-12-17)23-24-20(15-6-3-2-4-7-15)22-19(21(24)25)14-18-8-5-13-27-18/h2-14,23H,1H3. The second-order valence-electron chi connectivity index (χ2n) is 5.83. The van der Waals surface area contributed by atoms with Gasteiger partial charge in [-0.1, -0.05) is 30.3 Å². The molecule has 27 heavy (non-hydrogen) atoms. The molecule has 0 fully saturated rings. The number of hydrogen-bond donors (Lipinski definition) is 1. The molecular formula is C21H17N3O3. The molecule has 6 heteroatoms. The zero-order valence-electron chi connectivity index (χ0n) is 14.6. The fourth-order valence-corrected chi connectivity index (χ4v) is 2.70.